The van der Waals surface area contributed by atoms with Gasteiger partial charge in [-0.15, -0.1) is 0 Å². The highest BCUT2D eigenvalue weighted by atomic mass is 19.4. The fourth-order valence-corrected chi connectivity index (χ4v) is 4.66. The van der Waals surface area contributed by atoms with Gasteiger partial charge < -0.3 is 0 Å². The first-order valence-corrected chi connectivity index (χ1v) is 10.7. The van der Waals surface area contributed by atoms with Crippen molar-refractivity contribution in [2.45, 2.75) is 77.3 Å². The lowest BCUT2D eigenvalue weighted by atomic mass is 9.77. The quantitative estimate of drug-likeness (QED) is 0.426. The van der Waals surface area contributed by atoms with Crippen LogP contribution in [0.3, 0.4) is 0 Å². The summed E-state index contributed by atoms with van der Waals surface area (Å²) in [6.45, 7) is 3.61. The maximum atomic E-state index is 14.1. The minimum Gasteiger partial charge on any atom is -0.206 e. The van der Waals surface area contributed by atoms with Crippen molar-refractivity contribution >= 4 is 0 Å². The maximum absolute atomic E-state index is 14.1. The Bertz CT molecular complexity index is 797. The van der Waals surface area contributed by atoms with Gasteiger partial charge in [-0.25, -0.2) is 4.39 Å². The van der Waals surface area contributed by atoms with Crippen LogP contribution in [0.15, 0.2) is 36.4 Å². The number of benzene rings is 2. The monoisotopic (exact) mass is 406 g/mol. The molecule has 0 saturated heterocycles. The van der Waals surface area contributed by atoms with Crippen molar-refractivity contribution in [3.05, 3.63) is 70.0 Å². The first-order valence-electron chi connectivity index (χ1n) is 10.7. The van der Waals surface area contributed by atoms with Gasteiger partial charge in [-0.05, 0) is 79.5 Å². The average molecular weight is 407 g/mol. The lowest BCUT2D eigenvalue weighted by molar-refractivity contribution is -0.140. The molecule has 0 amide bonds. The highest BCUT2D eigenvalue weighted by Gasteiger charge is 2.37. The van der Waals surface area contributed by atoms with Gasteiger partial charge in [0.25, 0.3) is 0 Å². The largest absolute Gasteiger partial charge is 0.419 e. The lowest BCUT2D eigenvalue weighted by Gasteiger charge is -2.28. The van der Waals surface area contributed by atoms with Gasteiger partial charge in [-0.2, -0.15) is 13.2 Å². The van der Waals surface area contributed by atoms with Crippen molar-refractivity contribution in [1.29, 1.82) is 0 Å². The van der Waals surface area contributed by atoms with Crippen molar-refractivity contribution < 1.29 is 17.6 Å². The third-order valence-electron chi connectivity index (χ3n) is 6.38. The van der Waals surface area contributed by atoms with E-state index >= 15 is 0 Å². The summed E-state index contributed by atoms with van der Waals surface area (Å²) >= 11 is 0. The molecule has 29 heavy (non-hydrogen) atoms. The van der Waals surface area contributed by atoms with Crippen molar-refractivity contribution in [3.8, 4) is 0 Å². The summed E-state index contributed by atoms with van der Waals surface area (Å²) in [6, 6.07) is 11.1. The van der Waals surface area contributed by atoms with Crippen LogP contribution >= 0.6 is 0 Å². The fourth-order valence-electron chi connectivity index (χ4n) is 4.66. The Hall–Kier alpha value is -1.84. The Labute approximate surface area is 171 Å². The maximum Gasteiger partial charge on any atom is 0.419 e. The van der Waals surface area contributed by atoms with Gasteiger partial charge in [0.15, 0.2) is 0 Å². The molecule has 0 N–H and O–H groups in total. The zero-order chi connectivity index (χ0) is 21.0. The standard InChI is InChI=1S/C25H30F4/c1-3-4-18-6-12-20(13-7-18)21-14-8-19(9-15-21)10-16-22-11-5-17(2)24(26)23(22)25(27,28)29/h5,8-9,11,14-15,18,20H,3-4,6-7,10,12-13,16H2,1-2H3. The van der Waals surface area contributed by atoms with Crippen LogP contribution in [0.2, 0.25) is 0 Å². The molecule has 0 nitrogen and oxygen atoms in total. The van der Waals surface area contributed by atoms with Gasteiger partial charge >= 0.3 is 6.18 Å². The molecule has 0 aromatic heterocycles. The summed E-state index contributed by atoms with van der Waals surface area (Å²) in [4.78, 5) is 0. The molecule has 0 unspecified atom stereocenters. The Morgan fingerprint density at radius 3 is 2.14 bits per heavy atom. The summed E-state index contributed by atoms with van der Waals surface area (Å²) in [5.41, 5.74) is 1.26. The highest BCUT2D eigenvalue weighted by molar-refractivity contribution is 5.36. The summed E-state index contributed by atoms with van der Waals surface area (Å²) in [5.74, 6) is 0.317. The molecule has 3 rings (SSSR count). The summed E-state index contributed by atoms with van der Waals surface area (Å²) < 4.78 is 54.0. The van der Waals surface area contributed by atoms with E-state index in [2.05, 4.69) is 19.1 Å². The van der Waals surface area contributed by atoms with Crippen LogP contribution in [-0.4, -0.2) is 0 Å². The van der Waals surface area contributed by atoms with E-state index in [1.54, 1.807) is 0 Å². The van der Waals surface area contributed by atoms with Gasteiger partial charge in [0.2, 0.25) is 0 Å². The topological polar surface area (TPSA) is 0 Å². The van der Waals surface area contributed by atoms with Gasteiger partial charge in [-0.1, -0.05) is 56.2 Å². The Balaban J connectivity index is 1.64. The molecule has 2 aromatic rings. The zero-order valence-electron chi connectivity index (χ0n) is 17.3. The molecule has 0 spiro atoms. The Morgan fingerprint density at radius 1 is 0.897 bits per heavy atom. The van der Waals surface area contributed by atoms with E-state index in [-0.39, 0.29) is 17.5 Å². The second kappa shape index (κ2) is 9.32. The summed E-state index contributed by atoms with van der Waals surface area (Å²) in [6.07, 6.45) is 3.58. The molecule has 1 fully saturated rings. The van der Waals surface area contributed by atoms with Crippen molar-refractivity contribution in [2.24, 2.45) is 5.92 Å². The third-order valence-corrected chi connectivity index (χ3v) is 6.38. The van der Waals surface area contributed by atoms with Crippen LogP contribution in [-0.2, 0) is 19.0 Å². The van der Waals surface area contributed by atoms with E-state index in [0.29, 0.717) is 12.3 Å². The number of hydrogen-bond acceptors (Lipinski definition) is 0. The van der Waals surface area contributed by atoms with Crippen LogP contribution in [0.1, 0.15) is 79.2 Å². The molecular weight excluding hydrogens is 376 g/mol. The van der Waals surface area contributed by atoms with Crippen molar-refractivity contribution in [1.82, 2.24) is 0 Å². The lowest BCUT2D eigenvalue weighted by Crippen LogP contribution is -2.14. The number of aryl methyl sites for hydroxylation is 3. The molecule has 1 aliphatic rings. The zero-order valence-corrected chi connectivity index (χ0v) is 17.3. The highest BCUT2D eigenvalue weighted by Crippen LogP contribution is 2.38. The minimum atomic E-state index is -4.67. The van der Waals surface area contributed by atoms with E-state index in [1.807, 2.05) is 12.1 Å². The first-order chi connectivity index (χ1) is 13.8. The fraction of sp³-hybridized carbons (Fsp3) is 0.520. The van der Waals surface area contributed by atoms with Gasteiger partial charge in [0.1, 0.15) is 5.82 Å². The van der Waals surface area contributed by atoms with E-state index < -0.39 is 17.6 Å². The Kier molecular flexibility index (Phi) is 7.02. The smallest absolute Gasteiger partial charge is 0.206 e. The molecule has 1 aliphatic carbocycles. The van der Waals surface area contributed by atoms with Gasteiger partial charge in [0, 0.05) is 0 Å². The molecule has 1 saturated carbocycles. The summed E-state index contributed by atoms with van der Waals surface area (Å²) in [7, 11) is 0. The summed E-state index contributed by atoms with van der Waals surface area (Å²) in [5, 5.41) is 0. The molecule has 158 valence electrons. The van der Waals surface area contributed by atoms with E-state index in [0.717, 1.165) is 11.5 Å². The van der Waals surface area contributed by atoms with Crippen LogP contribution < -0.4 is 0 Å². The number of hydrogen-bond donors (Lipinski definition) is 0. The molecule has 0 radical (unpaired) electrons. The molecule has 0 bridgehead atoms. The predicted molar refractivity (Wildman–Crippen MR) is 110 cm³/mol. The molecule has 2 aromatic carbocycles. The van der Waals surface area contributed by atoms with Crippen LogP contribution in [0, 0.1) is 18.7 Å². The molecule has 0 aliphatic heterocycles. The van der Waals surface area contributed by atoms with E-state index in [9.17, 15) is 17.6 Å². The van der Waals surface area contributed by atoms with E-state index in [1.165, 1.54) is 63.1 Å². The second-order valence-corrected chi connectivity index (χ2v) is 8.48. The number of alkyl halides is 3. The third kappa shape index (κ3) is 5.40. The molecule has 0 atom stereocenters. The molecule has 0 heterocycles. The van der Waals surface area contributed by atoms with Crippen molar-refractivity contribution in [3.63, 3.8) is 0 Å². The Morgan fingerprint density at radius 2 is 1.55 bits per heavy atom. The van der Waals surface area contributed by atoms with E-state index in [4.69, 9.17) is 0 Å². The van der Waals surface area contributed by atoms with Crippen LogP contribution in [0.5, 0.6) is 0 Å². The first kappa shape index (κ1) is 21.9. The molecule has 4 heteroatoms. The minimum absolute atomic E-state index is 0.0268. The number of halogens is 4. The molecular formula is C25H30F4. The normalized spacial score (nSPS) is 20.1. The predicted octanol–water partition coefficient (Wildman–Crippen LogP) is 8.01. The average Bonchev–Trinajstić information content (AvgIpc) is 2.69. The second-order valence-electron chi connectivity index (χ2n) is 8.48. The van der Waals surface area contributed by atoms with Crippen LogP contribution in [0.25, 0.3) is 0 Å². The SMILES string of the molecule is CCCC1CCC(c2ccc(CCc3ccc(C)c(F)c3C(F)(F)F)cc2)CC1. The number of rotatable bonds is 6. The van der Waals surface area contributed by atoms with Crippen molar-refractivity contribution in [2.75, 3.05) is 0 Å². The van der Waals surface area contributed by atoms with Gasteiger partial charge in [0.05, 0.1) is 5.56 Å². The van der Waals surface area contributed by atoms with Gasteiger partial charge in [-0.3, -0.25) is 0 Å². The van der Waals surface area contributed by atoms with Crippen LogP contribution in [0.4, 0.5) is 17.6 Å².